The van der Waals surface area contributed by atoms with Crippen molar-refractivity contribution in [2.45, 2.75) is 26.7 Å². The van der Waals surface area contributed by atoms with Gasteiger partial charge >= 0.3 is 0 Å². The molecule has 5 heteroatoms. The predicted molar refractivity (Wildman–Crippen MR) is 97.0 cm³/mol. The second kappa shape index (κ2) is 8.97. The highest BCUT2D eigenvalue weighted by Crippen LogP contribution is 2.14. The van der Waals surface area contributed by atoms with Crippen molar-refractivity contribution in [1.82, 2.24) is 4.90 Å². The van der Waals surface area contributed by atoms with Crippen molar-refractivity contribution in [2.75, 3.05) is 18.4 Å². The summed E-state index contributed by atoms with van der Waals surface area (Å²) in [6, 6.07) is 13.1. The molecule has 2 aromatic rings. The smallest absolute Gasteiger partial charge is 0.253 e. The first-order valence-electron chi connectivity index (χ1n) is 8.47. The van der Waals surface area contributed by atoms with E-state index in [2.05, 4.69) is 5.32 Å². The Hall–Kier alpha value is -2.69. The maximum Gasteiger partial charge on any atom is 0.253 e. The van der Waals surface area contributed by atoms with E-state index in [0.29, 0.717) is 30.8 Å². The van der Waals surface area contributed by atoms with Gasteiger partial charge in [0.05, 0.1) is 0 Å². The quantitative estimate of drug-likeness (QED) is 0.830. The predicted octanol–water partition coefficient (Wildman–Crippen LogP) is 3.88. The lowest BCUT2D eigenvalue weighted by Gasteiger charge is -2.19. The summed E-state index contributed by atoms with van der Waals surface area (Å²) in [7, 11) is 0. The first-order chi connectivity index (χ1) is 12.0. The van der Waals surface area contributed by atoms with E-state index in [4.69, 9.17) is 0 Å². The fourth-order valence-corrected chi connectivity index (χ4v) is 2.60. The van der Waals surface area contributed by atoms with Crippen molar-refractivity contribution < 1.29 is 14.0 Å². The fourth-order valence-electron chi connectivity index (χ4n) is 2.60. The van der Waals surface area contributed by atoms with Gasteiger partial charge in [-0.05, 0) is 56.2 Å². The molecule has 0 saturated carbocycles. The molecule has 25 heavy (non-hydrogen) atoms. The summed E-state index contributed by atoms with van der Waals surface area (Å²) >= 11 is 0. The van der Waals surface area contributed by atoms with Gasteiger partial charge in [-0.1, -0.05) is 18.2 Å². The number of benzene rings is 2. The normalized spacial score (nSPS) is 10.4. The van der Waals surface area contributed by atoms with Crippen LogP contribution in [-0.4, -0.2) is 29.8 Å². The summed E-state index contributed by atoms with van der Waals surface area (Å²) in [5.41, 5.74) is 1.91. The zero-order valence-electron chi connectivity index (χ0n) is 14.6. The molecule has 132 valence electrons. The number of hydrogen-bond acceptors (Lipinski definition) is 2. The Morgan fingerprint density at radius 2 is 1.76 bits per heavy atom. The minimum Gasteiger partial charge on any atom is -0.339 e. The summed E-state index contributed by atoms with van der Waals surface area (Å²) in [6.07, 6.45) is 0.708. The molecule has 0 unspecified atom stereocenters. The molecule has 0 aliphatic carbocycles. The van der Waals surface area contributed by atoms with Gasteiger partial charge in [-0.15, -0.1) is 0 Å². The van der Waals surface area contributed by atoms with Crippen molar-refractivity contribution in [2.24, 2.45) is 0 Å². The van der Waals surface area contributed by atoms with Crippen LogP contribution >= 0.6 is 0 Å². The number of amides is 2. The number of anilines is 1. The lowest BCUT2D eigenvalue weighted by molar-refractivity contribution is -0.116. The second-order valence-corrected chi connectivity index (χ2v) is 5.74. The Balaban J connectivity index is 1.97. The maximum absolute atomic E-state index is 13.1. The van der Waals surface area contributed by atoms with Crippen molar-refractivity contribution in [1.29, 1.82) is 0 Å². The van der Waals surface area contributed by atoms with Crippen LogP contribution in [0, 0.1) is 5.82 Å². The third kappa shape index (κ3) is 5.41. The topological polar surface area (TPSA) is 49.4 Å². The van der Waals surface area contributed by atoms with Gasteiger partial charge in [0.1, 0.15) is 5.82 Å². The average Bonchev–Trinajstić information content (AvgIpc) is 2.61. The number of aryl methyl sites for hydroxylation is 1. The molecule has 4 nitrogen and oxygen atoms in total. The molecule has 2 amide bonds. The van der Waals surface area contributed by atoms with Gasteiger partial charge in [-0.3, -0.25) is 9.59 Å². The van der Waals surface area contributed by atoms with Gasteiger partial charge in [-0.2, -0.15) is 0 Å². The van der Waals surface area contributed by atoms with E-state index in [-0.39, 0.29) is 24.1 Å². The van der Waals surface area contributed by atoms with E-state index < -0.39 is 0 Å². The van der Waals surface area contributed by atoms with Crippen LogP contribution in [0.25, 0.3) is 0 Å². The van der Waals surface area contributed by atoms with Crippen LogP contribution in [0.5, 0.6) is 0 Å². The lowest BCUT2D eigenvalue weighted by Crippen LogP contribution is -2.30. The van der Waals surface area contributed by atoms with Crippen molar-refractivity contribution in [3.05, 3.63) is 65.5 Å². The van der Waals surface area contributed by atoms with Crippen molar-refractivity contribution in [3.8, 4) is 0 Å². The number of nitrogens with zero attached hydrogens (tertiary/aromatic N) is 1. The molecule has 0 aliphatic heterocycles. The minimum atomic E-state index is -0.305. The molecular weight excluding hydrogens is 319 g/mol. The molecule has 1 N–H and O–H groups in total. The molecule has 0 spiro atoms. The number of carbonyl (C=O) groups excluding carboxylic acids is 2. The monoisotopic (exact) mass is 342 g/mol. The Kier molecular flexibility index (Phi) is 6.69. The minimum absolute atomic E-state index is 0.0548. The number of halogens is 1. The van der Waals surface area contributed by atoms with Crippen LogP contribution in [0.15, 0.2) is 48.5 Å². The van der Waals surface area contributed by atoms with E-state index in [1.165, 1.54) is 12.1 Å². The summed E-state index contributed by atoms with van der Waals surface area (Å²) in [5, 5.41) is 2.79. The highest BCUT2D eigenvalue weighted by atomic mass is 19.1. The SMILES string of the molecule is CCN(CC)C(=O)c1cccc(NC(=O)CCc2cccc(F)c2)c1. The molecule has 0 aromatic heterocycles. The largest absolute Gasteiger partial charge is 0.339 e. The molecule has 0 atom stereocenters. The van der Waals surface area contributed by atoms with Crippen molar-refractivity contribution >= 4 is 17.5 Å². The standard InChI is InChI=1S/C20H23FN2O2/c1-3-23(4-2)20(25)16-8-6-10-18(14-16)22-19(24)12-11-15-7-5-9-17(21)13-15/h5-10,13-14H,3-4,11-12H2,1-2H3,(H,22,24). The van der Waals surface area contributed by atoms with Crippen LogP contribution in [0.3, 0.4) is 0 Å². The van der Waals surface area contributed by atoms with Crippen LogP contribution in [-0.2, 0) is 11.2 Å². The molecule has 2 rings (SSSR count). The Morgan fingerprint density at radius 3 is 2.44 bits per heavy atom. The van der Waals surface area contributed by atoms with Crippen molar-refractivity contribution in [3.63, 3.8) is 0 Å². The molecule has 0 fully saturated rings. The van der Waals surface area contributed by atoms with E-state index in [0.717, 1.165) is 5.56 Å². The molecule has 0 heterocycles. The van der Waals surface area contributed by atoms with Gasteiger partial charge in [-0.25, -0.2) is 4.39 Å². The molecule has 0 radical (unpaired) electrons. The molecule has 2 aromatic carbocycles. The fraction of sp³-hybridized carbons (Fsp3) is 0.300. The van der Waals surface area contributed by atoms with Crippen LogP contribution in [0.2, 0.25) is 0 Å². The van der Waals surface area contributed by atoms with Gasteiger partial charge in [0.25, 0.3) is 5.91 Å². The highest BCUT2D eigenvalue weighted by molar-refractivity contribution is 5.97. The van der Waals surface area contributed by atoms with Crippen LogP contribution in [0.4, 0.5) is 10.1 Å². The molecular formula is C20H23FN2O2. The first kappa shape index (κ1) is 18.6. The second-order valence-electron chi connectivity index (χ2n) is 5.74. The van der Waals surface area contributed by atoms with Gasteiger partial charge in [0.15, 0.2) is 0 Å². The van der Waals surface area contributed by atoms with E-state index in [1.54, 1.807) is 41.3 Å². The van der Waals surface area contributed by atoms with E-state index in [9.17, 15) is 14.0 Å². The summed E-state index contributed by atoms with van der Waals surface area (Å²) in [6.45, 7) is 5.14. The summed E-state index contributed by atoms with van der Waals surface area (Å²) in [4.78, 5) is 26.2. The maximum atomic E-state index is 13.1. The lowest BCUT2D eigenvalue weighted by atomic mass is 10.1. The molecule has 0 bridgehead atoms. The zero-order valence-corrected chi connectivity index (χ0v) is 14.6. The number of hydrogen-bond donors (Lipinski definition) is 1. The Labute approximate surface area is 147 Å². The number of rotatable bonds is 7. The van der Waals surface area contributed by atoms with Gasteiger partial charge in [0, 0.05) is 30.8 Å². The third-order valence-electron chi connectivity index (χ3n) is 3.97. The molecule has 0 saturated heterocycles. The summed E-state index contributed by atoms with van der Waals surface area (Å²) < 4.78 is 13.1. The van der Waals surface area contributed by atoms with E-state index >= 15 is 0 Å². The third-order valence-corrected chi connectivity index (χ3v) is 3.97. The highest BCUT2D eigenvalue weighted by Gasteiger charge is 2.13. The Morgan fingerprint density at radius 1 is 1.04 bits per heavy atom. The Bertz CT molecular complexity index is 742. The first-order valence-corrected chi connectivity index (χ1v) is 8.47. The van der Waals surface area contributed by atoms with Crippen LogP contribution < -0.4 is 5.32 Å². The zero-order chi connectivity index (χ0) is 18.2. The number of carbonyl (C=O) groups is 2. The number of nitrogens with one attached hydrogen (secondary N) is 1. The average molecular weight is 342 g/mol. The molecule has 0 aliphatic rings. The van der Waals surface area contributed by atoms with Crippen LogP contribution in [0.1, 0.15) is 36.2 Å². The van der Waals surface area contributed by atoms with E-state index in [1.807, 2.05) is 13.8 Å². The summed E-state index contributed by atoms with van der Waals surface area (Å²) in [5.74, 6) is -0.530. The van der Waals surface area contributed by atoms with Gasteiger partial charge in [0.2, 0.25) is 5.91 Å². The van der Waals surface area contributed by atoms with Gasteiger partial charge < -0.3 is 10.2 Å².